The Balaban J connectivity index is 2.66. The number of hydrogen-bond acceptors (Lipinski definition) is 3. The van der Waals surface area contributed by atoms with Crippen LogP contribution in [0.5, 0.6) is 0 Å². The summed E-state index contributed by atoms with van der Waals surface area (Å²) in [5.74, 6) is 0.0966. The maximum atomic E-state index is 8.96. The van der Waals surface area contributed by atoms with Gasteiger partial charge in [0.25, 0.3) is 0 Å². The molecule has 0 saturated carbocycles. The Bertz CT molecular complexity index is 643. The fourth-order valence-electron chi connectivity index (χ4n) is 2.20. The molecule has 0 radical (unpaired) electrons. The third-order valence-corrected chi connectivity index (χ3v) is 3.32. The lowest BCUT2D eigenvalue weighted by Crippen LogP contribution is -2.17. The van der Waals surface area contributed by atoms with E-state index in [0.717, 1.165) is 35.5 Å². The van der Waals surface area contributed by atoms with Gasteiger partial charge >= 0.3 is 0 Å². The van der Waals surface area contributed by atoms with Crippen LogP contribution in [0.3, 0.4) is 0 Å². The highest BCUT2D eigenvalue weighted by Crippen LogP contribution is 2.19. The molecule has 5 nitrogen and oxygen atoms in total. The number of rotatable bonds is 4. The molecular formula is C15H20N4O. The Morgan fingerprint density at radius 1 is 1.30 bits per heavy atom. The first-order valence-electron chi connectivity index (χ1n) is 6.77. The van der Waals surface area contributed by atoms with Crippen molar-refractivity contribution in [2.45, 2.75) is 33.6 Å². The predicted octanol–water partition coefficient (Wildman–Crippen LogP) is 2.40. The van der Waals surface area contributed by atoms with Gasteiger partial charge in [-0.2, -0.15) is 5.10 Å². The molecule has 0 aliphatic rings. The molecule has 0 unspecified atom stereocenters. The Hall–Kier alpha value is -2.30. The third kappa shape index (κ3) is 2.52. The van der Waals surface area contributed by atoms with Gasteiger partial charge in [0.2, 0.25) is 0 Å². The summed E-state index contributed by atoms with van der Waals surface area (Å²) in [6.07, 6.45) is 1.75. The summed E-state index contributed by atoms with van der Waals surface area (Å²) in [5.41, 5.74) is 10.5. The van der Waals surface area contributed by atoms with E-state index in [1.807, 2.05) is 29.8 Å². The van der Waals surface area contributed by atoms with E-state index in [2.05, 4.69) is 30.2 Å². The molecule has 0 amide bonds. The standard InChI is InChI=1S/C15H20N4O/c1-4-11-9-12(5-2)19(17-11)14-7-6-10(3)8-13(14)15(16)18-20/h6-9,20H,4-5H2,1-3H3,(H2,16,18). The number of aryl methyl sites for hydroxylation is 3. The van der Waals surface area contributed by atoms with Crippen LogP contribution in [-0.4, -0.2) is 20.8 Å². The van der Waals surface area contributed by atoms with Gasteiger partial charge in [0.15, 0.2) is 5.84 Å². The third-order valence-electron chi connectivity index (χ3n) is 3.32. The van der Waals surface area contributed by atoms with Crippen molar-refractivity contribution < 1.29 is 5.21 Å². The van der Waals surface area contributed by atoms with Crippen LogP contribution in [0.25, 0.3) is 5.69 Å². The summed E-state index contributed by atoms with van der Waals surface area (Å²) in [4.78, 5) is 0. The maximum Gasteiger partial charge on any atom is 0.172 e. The summed E-state index contributed by atoms with van der Waals surface area (Å²) in [5, 5.41) is 16.7. The van der Waals surface area contributed by atoms with E-state index in [1.165, 1.54) is 0 Å². The topological polar surface area (TPSA) is 76.4 Å². The maximum absolute atomic E-state index is 8.96. The van der Waals surface area contributed by atoms with E-state index >= 15 is 0 Å². The van der Waals surface area contributed by atoms with Crippen molar-refractivity contribution >= 4 is 5.84 Å². The minimum Gasteiger partial charge on any atom is -0.409 e. The van der Waals surface area contributed by atoms with Crippen molar-refractivity contribution in [3.63, 3.8) is 0 Å². The summed E-state index contributed by atoms with van der Waals surface area (Å²) >= 11 is 0. The molecular weight excluding hydrogens is 252 g/mol. The molecule has 1 aromatic heterocycles. The molecule has 0 spiro atoms. The Morgan fingerprint density at radius 2 is 2.05 bits per heavy atom. The zero-order chi connectivity index (χ0) is 14.7. The molecule has 0 aliphatic heterocycles. The SMILES string of the molecule is CCc1cc(CC)n(-c2ccc(C)cc2/C(N)=N/O)n1. The lowest BCUT2D eigenvalue weighted by atomic mass is 10.1. The number of oxime groups is 1. The van der Waals surface area contributed by atoms with Crippen LogP contribution in [0.2, 0.25) is 0 Å². The minimum absolute atomic E-state index is 0.0966. The van der Waals surface area contributed by atoms with Gasteiger partial charge in [-0.1, -0.05) is 30.6 Å². The van der Waals surface area contributed by atoms with Crippen molar-refractivity contribution in [1.82, 2.24) is 9.78 Å². The van der Waals surface area contributed by atoms with Crippen molar-refractivity contribution in [2.75, 3.05) is 0 Å². The molecule has 1 heterocycles. The van der Waals surface area contributed by atoms with E-state index in [1.54, 1.807) is 0 Å². The van der Waals surface area contributed by atoms with Crippen LogP contribution < -0.4 is 5.73 Å². The van der Waals surface area contributed by atoms with Crippen molar-refractivity contribution in [3.05, 3.63) is 46.8 Å². The molecule has 5 heteroatoms. The van der Waals surface area contributed by atoms with Crippen molar-refractivity contribution in [2.24, 2.45) is 10.9 Å². The first-order chi connectivity index (χ1) is 9.60. The van der Waals surface area contributed by atoms with Gasteiger partial charge in [-0.3, -0.25) is 0 Å². The zero-order valence-corrected chi connectivity index (χ0v) is 12.1. The highest BCUT2D eigenvalue weighted by atomic mass is 16.4. The van der Waals surface area contributed by atoms with E-state index < -0.39 is 0 Å². The number of aromatic nitrogens is 2. The van der Waals surface area contributed by atoms with Crippen molar-refractivity contribution in [1.29, 1.82) is 0 Å². The van der Waals surface area contributed by atoms with Gasteiger partial charge in [-0.15, -0.1) is 0 Å². The normalized spacial score (nSPS) is 11.8. The summed E-state index contributed by atoms with van der Waals surface area (Å²) < 4.78 is 1.88. The quantitative estimate of drug-likeness (QED) is 0.388. The van der Waals surface area contributed by atoms with Gasteiger partial charge in [-0.05, 0) is 38.0 Å². The first kappa shape index (κ1) is 14.1. The van der Waals surface area contributed by atoms with E-state index in [4.69, 9.17) is 10.9 Å². The van der Waals surface area contributed by atoms with Crippen LogP contribution in [0.15, 0.2) is 29.4 Å². The van der Waals surface area contributed by atoms with Gasteiger partial charge in [0, 0.05) is 11.3 Å². The molecule has 2 aromatic rings. The van der Waals surface area contributed by atoms with E-state index in [9.17, 15) is 0 Å². The second kappa shape index (κ2) is 5.77. The molecule has 3 N–H and O–H groups in total. The van der Waals surface area contributed by atoms with Crippen molar-refractivity contribution in [3.8, 4) is 5.69 Å². The molecule has 0 bridgehead atoms. The van der Waals surface area contributed by atoms with Gasteiger partial charge in [0.1, 0.15) is 0 Å². The molecule has 106 valence electrons. The molecule has 1 aromatic carbocycles. The van der Waals surface area contributed by atoms with Crippen LogP contribution in [0.4, 0.5) is 0 Å². The van der Waals surface area contributed by atoms with E-state index in [0.29, 0.717) is 5.56 Å². The summed E-state index contributed by atoms with van der Waals surface area (Å²) in [6, 6.07) is 7.94. The summed E-state index contributed by atoms with van der Waals surface area (Å²) in [7, 11) is 0. The number of nitrogens with two attached hydrogens (primary N) is 1. The van der Waals surface area contributed by atoms with Crippen LogP contribution in [0, 0.1) is 6.92 Å². The van der Waals surface area contributed by atoms with Gasteiger partial charge in [0.05, 0.1) is 11.4 Å². The van der Waals surface area contributed by atoms with Gasteiger partial charge < -0.3 is 10.9 Å². The van der Waals surface area contributed by atoms with E-state index in [-0.39, 0.29) is 5.84 Å². The zero-order valence-electron chi connectivity index (χ0n) is 12.1. The second-order valence-electron chi connectivity index (χ2n) is 4.75. The van der Waals surface area contributed by atoms with Crippen LogP contribution in [0.1, 0.15) is 36.4 Å². The number of amidine groups is 1. The molecule has 0 atom stereocenters. The highest BCUT2D eigenvalue weighted by molar-refractivity contribution is 6.00. The smallest absolute Gasteiger partial charge is 0.172 e. The Labute approximate surface area is 118 Å². The molecule has 0 saturated heterocycles. The molecule has 0 fully saturated rings. The Kier molecular flexibility index (Phi) is 4.08. The molecule has 20 heavy (non-hydrogen) atoms. The minimum atomic E-state index is 0.0966. The fourth-order valence-corrected chi connectivity index (χ4v) is 2.20. The fraction of sp³-hybridized carbons (Fsp3) is 0.333. The predicted molar refractivity (Wildman–Crippen MR) is 79.6 cm³/mol. The number of hydrogen-bond donors (Lipinski definition) is 2. The first-order valence-corrected chi connectivity index (χ1v) is 6.77. The highest BCUT2D eigenvalue weighted by Gasteiger charge is 2.14. The van der Waals surface area contributed by atoms with Crippen LogP contribution >= 0.6 is 0 Å². The number of nitrogens with zero attached hydrogens (tertiary/aromatic N) is 3. The molecule has 0 aliphatic carbocycles. The molecule has 2 rings (SSSR count). The lowest BCUT2D eigenvalue weighted by molar-refractivity contribution is 0.318. The van der Waals surface area contributed by atoms with Gasteiger partial charge in [-0.25, -0.2) is 4.68 Å². The second-order valence-corrected chi connectivity index (χ2v) is 4.75. The van der Waals surface area contributed by atoms with Crippen LogP contribution in [-0.2, 0) is 12.8 Å². The largest absolute Gasteiger partial charge is 0.409 e. The summed E-state index contributed by atoms with van der Waals surface area (Å²) in [6.45, 7) is 6.13. The average Bonchev–Trinajstić information content (AvgIpc) is 2.89. The number of benzene rings is 1. The monoisotopic (exact) mass is 272 g/mol. The average molecular weight is 272 g/mol. The lowest BCUT2D eigenvalue weighted by Gasteiger charge is -2.12. The Morgan fingerprint density at radius 3 is 2.65 bits per heavy atom.